The molecule has 1 aromatic rings. The highest BCUT2D eigenvalue weighted by atomic mass is 16.3. The molecular formula is C11H16N2O. The van der Waals surface area contributed by atoms with Crippen molar-refractivity contribution in [3.05, 3.63) is 24.0 Å². The van der Waals surface area contributed by atoms with Crippen LogP contribution in [0.4, 0.5) is 0 Å². The van der Waals surface area contributed by atoms with Crippen LogP contribution in [-0.2, 0) is 0 Å². The summed E-state index contributed by atoms with van der Waals surface area (Å²) >= 11 is 0. The van der Waals surface area contributed by atoms with Crippen LogP contribution in [0.3, 0.4) is 0 Å². The molecule has 2 rings (SSSR count). The number of nitrogens with zero attached hydrogens (tertiary/aromatic N) is 1. The molecule has 0 saturated heterocycles. The third kappa shape index (κ3) is 1.87. The number of hydrogen-bond donors (Lipinski definition) is 2. The molecule has 2 unspecified atom stereocenters. The molecule has 1 heterocycles. The molecule has 0 spiro atoms. The van der Waals surface area contributed by atoms with Crippen LogP contribution in [0.25, 0.3) is 0 Å². The van der Waals surface area contributed by atoms with E-state index in [1.807, 2.05) is 6.07 Å². The van der Waals surface area contributed by atoms with E-state index in [4.69, 9.17) is 10.8 Å². The zero-order valence-electron chi connectivity index (χ0n) is 8.19. The van der Waals surface area contributed by atoms with E-state index in [1.165, 1.54) is 19.0 Å². The van der Waals surface area contributed by atoms with Crippen LogP contribution >= 0.6 is 0 Å². The molecule has 76 valence electrons. The molecule has 1 saturated carbocycles. The third-order valence-corrected chi connectivity index (χ3v) is 2.97. The zero-order valence-corrected chi connectivity index (χ0v) is 8.19. The van der Waals surface area contributed by atoms with Crippen LogP contribution in [-0.4, -0.2) is 16.1 Å². The van der Waals surface area contributed by atoms with Crippen LogP contribution < -0.4 is 5.73 Å². The molecule has 0 radical (unpaired) electrons. The van der Waals surface area contributed by atoms with E-state index in [0.717, 1.165) is 18.5 Å². The van der Waals surface area contributed by atoms with Gasteiger partial charge in [-0.15, -0.1) is 0 Å². The molecule has 1 fully saturated rings. The van der Waals surface area contributed by atoms with Gasteiger partial charge in [0.1, 0.15) is 5.75 Å². The Morgan fingerprint density at radius 1 is 1.29 bits per heavy atom. The minimum Gasteiger partial charge on any atom is -0.506 e. The average molecular weight is 192 g/mol. The highest BCUT2D eigenvalue weighted by molar-refractivity contribution is 5.21. The highest BCUT2D eigenvalue weighted by Crippen LogP contribution is 2.31. The standard InChI is InChI=1S/C11H16N2O/c12-10-4-2-1-3-9(10)11-6-5-8(14)7-13-11/h5-7,9-10,14H,1-4,12H2. The summed E-state index contributed by atoms with van der Waals surface area (Å²) in [6.07, 6.45) is 6.18. The predicted molar refractivity (Wildman–Crippen MR) is 55.1 cm³/mol. The van der Waals surface area contributed by atoms with Crippen molar-refractivity contribution in [1.29, 1.82) is 0 Å². The van der Waals surface area contributed by atoms with Gasteiger partial charge in [0, 0.05) is 17.7 Å². The first-order chi connectivity index (χ1) is 6.77. The summed E-state index contributed by atoms with van der Waals surface area (Å²) in [6.45, 7) is 0. The molecule has 0 bridgehead atoms. The maximum absolute atomic E-state index is 9.13. The number of aromatic hydroxyl groups is 1. The van der Waals surface area contributed by atoms with Crippen molar-refractivity contribution in [3.63, 3.8) is 0 Å². The van der Waals surface area contributed by atoms with Crippen molar-refractivity contribution >= 4 is 0 Å². The van der Waals surface area contributed by atoms with Gasteiger partial charge < -0.3 is 10.8 Å². The maximum atomic E-state index is 9.13. The molecule has 0 amide bonds. The minimum atomic E-state index is 0.220. The first kappa shape index (κ1) is 9.46. The van der Waals surface area contributed by atoms with Crippen molar-refractivity contribution in [1.82, 2.24) is 4.98 Å². The van der Waals surface area contributed by atoms with Gasteiger partial charge >= 0.3 is 0 Å². The van der Waals surface area contributed by atoms with Crippen LogP contribution in [0.5, 0.6) is 5.75 Å². The molecule has 0 aromatic carbocycles. The van der Waals surface area contributed by atoms with E-state index in [-0.39, 0.29) is 11.8 Å². The first-order valence-corrected chi connectivity index (χ1v) is 5.18. The van der Waals surface area contributed by atoms with Crippen molar-refractivity contribution < 1.29 is 5.11 Å². The summed E-state index contributed by atoms with van der Waals surface area (Å²) in [4.78, 5) is 4.22. The fourth-order valence-corrected chi connectivity index (χ4v) is 2.14. The van der Waals surface area contributed by atoms with Gasteiger partial charge in [0.15, 0.2) is 0 Å². The monoisotopic (exact) mass is 192 g/mol. The topological polar surface area (TPSA) is 59.1 Å². The average Bonchev–Trinajstić information content (AvgIpc) is 2.20. The van der Waals surface area contributed by atoms with Crippen molar-refractivity contribution in [3.8, 4) is 5.75 Å². The van der Waals surface area contributed by atoms with E-state index in [0.29, 0.717) is 5.92 Å². The number of aromatic nitrogens is 1. The van der Waals surface area contributed by atoms with Gasteiger partial charge in [0.25, 0.3) is 0 Å². The largest absolute Gasteiger partial charge is 0.506 e. The number of nitrogens with two attached hydrogens (primary N) is 1. The Bertz CT molecular complexity index is 297. The summed E-state index contributed by atoms with van der Waals surface area (Å²) in [5.41, 5.74) is 7.07. The normalized spacial score (nSPS) is 27.5. The summed E-state index contributed by atoms with van der Waals surface area (Å²) < 4.78 is 0. The van der Waals surface area contributed by atoms with Gasteiger partial charge in [0.05, 0.1) is 6.20 Å². The Labute approximate surface area is 84.0 Å². The quantitative estimate of drug-likeness (QED) is 0.713. The number of rotatable bonds is 1. The molecule has 1 aliphatic carbocycles. The zero-order chi connectivity index (χ0) is 9.97. The lowest BCUT2D eigenvalue weighted by Crippen LogP contribution is -2.31. The molecule has 3 N–H and O–H groups in total. The van der Waals surface area contributed by atoms with Crippen LogP contribution in [0.2, 0.25) is 0 Å². The number of pyridine rings is 1. The van der Waals surface area contributed by atoms with Gasteiger partial charge in [-0.1, -0.05) is 12.8 Å². The third-order valence-electron chi connectivity index (χ3n) is 2.97. The second-order valence-corrected chi connectivity index (χ2v) is 4.00. The number of hydrogen-bond acceptors (Lipinski definition) is 3. The molecule has 3 nitrogen and oxygen atoms in total. The second kappa shape index (κ2) is 3.96. The van der Waals surface area contributed by atoms with Crippen molar-refractivity contribution in [2.75, 3.05) is 0 Å². The van der Waals surface area contributed by atoms with E-state index >= 15 is 0 Å². The Hall–Kier alpha value is -1.09. The SMILES string of the molecule is NC1CCCCC1c1ccc(O)cn1. The summed E-state index contributed by atoms with van der Waals surface area (Å²) in [5.74, 6) is 0.600. The van der Waals surface area contributed by atoms with Gasteiger partial charge in [-0.2, -0.15) is 0 Å². The second-order valence-electron chi connectivity index (χ2n) is 4.00. The Morgan fingerprint density at radius 3 is 2.71 bits per heavy atom. The van der Waals surface area contributed by atoms with Gasteiger partial charge in [-0.25, -0.2) is 0 Å². The summed E-state index contributed by atoms with van der Waals surface area (Å²) in [7, 11) is 0. The Kier molecular flexibility index (Phi) is 2.68. The van der Waals surface area contributed by atoms with E-state index in [1.54, 1.807) is 6.07 Å². The van der Waals surface area contributed by atoms with Gasteiger partial charge in [0.2, 0.25) is 0 Å². The van der Waals surface area contributed by atoms with E-state index in [2.05, 4.69) is 4.98 Å². The van der Waals surface area contributed by atoms with Gasteiger partial charge in [-0.3, -0.25) is 4.98 Å². The molecule has 0 aliphatic heterocycles. The molecule has 2 atom stereocenters. The van der Waals surface area contributed by atoms with Crippen LogP contribution in [0.1, 0.15) is 37.3 Å². The molecule has 14 heavy (non-hydrogen) atoms. The van der Waals surface area contributed by atoms with Crippen LogP contribution in [0.15, 0.2) is 18.3 Å². The van der Waals surface area contributed by atoms with E-state index in [9.17, 15) is 0 Å². The fourth-order valence-electron chi connectivity index (χ4n) is 2.14. The summed E-state index contributed by atoms with van der Waals surface area (Å²) in [5, 5.41) is 9.13. The Balaban J connectivity index is 2.16. The lowest BCUT2D eigenvalue weighted by Gasteiger charge is -2.27. The predicted octanol–water partition coefficient (Wildman–Crippen LogP) is 1.77. The van der Waals surface area contributed by atoms with Crippen molar-refractivity contribution in [2.45, 2.75) is 37.6 Å². The molecular weight excluding hydrogens is 176 g/mol. The minimum absolute atomic E-state index is 0.220. The molecule has 3 heteroatoms. The van der Waals surface area contributed by atoms with Crippen molar-refractivity contribution in [2.24, 2.45) is 5.73 Å². The lowest BCUT2D eigenvalue weighted by atomic mass is 9.83. The van der Waals surface area contributed by atoms with E-state index < -0.39 is 0 Å². The maximum Gasteiger partial charge on any atom is 0.133 e. The lowest BCUT2D eigenvalue weighted by molar-refractivity contribution is 0.378. The fraction of sp³-hybridized carbons (Fsp3) is 0.545. The first-order valence-electron chi connectivity index (χ1n) is 5.18. The smallest absolute Gasteiger partial charge is 0.133 e. The van der Waals surface area contributed by atoms with Crippen LogP contribution in [0, 0.1) is 0 Å². The highest BCUT2D eigenvalue weighted by Gasteiger charge is 2.24. The summed E-state index contributed by atoms with van der Waals surface area (Å²) in [6, 6.07) is 3.80. The molecule has 1 aromatic heterocycles. The molecule has 1 aliphatic rings. The Morgan fingerprint density at radius 2 is 2.07 bits per heavy atom. The van der Waals surface area contributed by atoms with Gasteiger partial charge in [-0.05, 0) is 25.0 Å².